The molecule has 5 nitrogen and oxygen atoms in total. The monoisotopic (exact) mass is 229 g/mol. The second-order valence-electron chi connectivity index (χ2n) is 5.98. The maximum absolute atomic E-state index is 9.05. The molecule has 0 saturated heterocycles. The van der Waals surface area contributed by atoms with Crippen molar-refractivity contribution in [2.75, 3.05) is 0 Å². The Morgan fingerprint density at radius 1 is 1.06 bits per heavy atom. The van der Waals surface area contributed by atoms with Crippen molar-refractivity contribution in [2.45, 2.75) is 38.1 Å². The molecule has 0 aromatic carbocycles. The number of hydrogen-bond acceptors (Lipinski definition) is 4. The molecule has 0 radical (unpaired) electrons. The van der Waals surface area contributed by atoms with Crippen molar-refractivity contribution in [3.8, 4) is 6.07 Å². The van der Waals surface area contributed by atoms with E-state index in [1.807, 2.05) is 4.68 Å². The molecule has 0 unspecified atom stereocenters. The third-order valence-electron chi connectivity index (χ3n) is 5.05. The summed E-state index contributed by atoms with van der Waals surface area (Å²) in [6, 6.07) is 2.51. The van der Waals surface area contributed by atoms with Crippen LogP contribution in [-0.2, 0) is 0 Å². The van der Waals surface area contributed by atoms with Gasteiger partial charge in [0, 0.05) is 0 Å². The SMILES string of the molecule is N#Cc1nnnn1C1C2CC3CC(C2)CC1C3. The molecule has 17 heavy (non-hydrogen) atoms. The number of nitriles is 1. The lowest BCUT2D eigenvalue weighted by molar-refractivity contribution is -0.0346. The molecule has 4 aliphatic carbocycles. The Labute approximate surface area is 99.8 Å². The first-order chi connectivity index (χ1) is 8.35. The van der Waals surface area contributed by atoms with Crippen molar-refractivity contribution in [3.05, 3.63) is 5.82 Å². The summed E-state index contributed by atoms with van der Waals surface area (Å²) in [5, 5.41) is 20.6. The van der Waals surface area contributed by atoms with E-state index in [0.717, 1.165) is 11.8 Å². The lowest BCUT2D eigenvalue weighted by atomic mass is 9.54. The van der Waals surface area contributed by atoms with E-state index in [1.54, 1.807) is 0 Å². The molecule has 1 aromatic rings. The van der Waals surface area contributed by atoms with Crippen molar-refractivity contribution in [3.63, 3.8) is 0 Å². The molecule has 1 heterocycles. The second kappa shape index (κ2) is 3.28. The van der Waals surface area contributed by atoms with Gasteiger partial charge in [-0.1, -0.05) is 5.10 Å². The van der Waals surface area contributed by atoms with Crippen molar-refractivity contribution in [2.24, 2.45) is 23.7 Å². The van der Waals surface area contributed by atoms with Gasteiger partial charge in [-0.2, -0.15) is 5.26 Å². The van der Waals surface area contributed by atoms with Crippen LogP contribution in [0.15, 0.2) is 0 Å². The predicted octanol–water partition coefficient (Wildman–Crippen LogP) is 1.54. The fourth-order valence-corrected chi connectivity index (χ4v) is 4.76. The summed E-state index contributed by atoms with van der Waals surface area (Å²) in [5.41, 5.74) is 0. The fraction of sp³-hybridized carbons (Fsp3) is 0.833. The van der Waals surface area contributed by atoms with Crippen LogP contribution in [0.1, 0.15) is 44.0 Å². The molecule has 1 aromatic heterocycles. The third kappa shape index (κ3) is 1.27. The van der Waals surface area contributed by atoms with E-state index in [4.69, 9.17) is 5.26 Å². The summed E-state index contributed by atoms with van der Waals surface area (Å²) in [5.74, 6) is 3.69. The van der Waals surface area contributed by atoms with Crippen LogP contribution >= 0.6 is 0 Å². The zero-order valence-electron chi connectivity index (χ0n) is 9.66. The topological polar surface area (TPSA) is 67.4 Å². The highest BCUT2D eigenvalue weighted by molar-refractivity contribution is 5.10. The molecule has 5 heteroatoms. The second-order valence-corrected chi connectivity index (χ2v) is 5.98. The first-order valence-electron chi connectivity index (χ1n) is 6.53. The summed E-state index contributed by atoms with van der Waals surface area (Å²) < 4.78 is 1.81. The summed E-state index contributed by atoms with van der Waals surface area (Å²) in [6.07, 6.45) is 6.73. The summed E-state index contributed by atoms with van der Waals surface area (Å²) in [7, 11) is 0. The van der Waals surface area contributed by atoms with Gasteiger partial charge in [0.1, 0.15) is 6.07 Å². The minimum absolute atomic E-state index is 0.391. The van der Waals surface area contributed by atoms with Gasteiger partial charge in [0.15, 0.2) is 0 Å². The quantitative estimate of drug-likeness (QED) is 0.732. The van der Waals surface area contributed by atoms with Crippen LogP contribution in [0.25, 0.3) is 0 Å². The molecule has 0 spiro atoms. The molecule has 4 aliphatic rings. The van der Waals surface area contributed by atoms with E-state index in [1.165, 1.54) is 32.1 Å². The first-order valence-corrected chi connectivity index (χ1v) is 6.53. The predicted molar refractivity (Wildman–Crippen MR) is 58.6 cm³/mol. The standard InChI is InChI=1S/C12H15N5/c13-6-11-14-15-16-17(11)12-9-2-7-1-8(4-9)5-10(12)3-7/h7-10,12H,1-5H2. The Morgan fingerprint density at radius 2 is 1.71 bits per heavy atom. The molecule has 5 rings (SSSR count). The normalized spacial score (nSPS) is 42.6. The summed E-state index contributed by atoms with van der Waals surface area (Å²) in [4.78, 5) is 0. The van der Waals surface area contributed by atoms with Crippen LogP contribution in [0.2, 0.25) is 0 Å². The highest BCUT2D eigenvalue weighted by Crippen LogP contribution is 2.58. The summed E-state index contributed by atoms with van der Waals surface area (Å²) >= 11 is 0. The molecule has 0 N–H and O–H groups in total. The van der Waals surface area contributed by atoms with Gasteiger partial charge in [-0.25, -0.2) is 4.68 Å². The van der Waals surface area contributed by atoms with Gasteiger partial charge in [-0.3, -0.25) is 0 Å². The molecule has 0 amide bonds. The number of tetrazole rings is 1. The van der Waals surface area contributed by atoms with Gasteiger partial charge in [0.25, 0.3) is 5.82 Å². The van der Waals surface area contributed by atoms with Gasteiger partial charge >= 0.3 is 0 Å². The van der Waals surface area contributed by atoms with E-state index < -0.39 is 0 Å². The minimum Gasteiger partial charge on any atom is -0.213 e. The van der Waals surface area contributed by atoms with E-state index in [0.29, 0.717) is 23.7 Å². The first kappa shape index (κ1) is 9.58. The molecule has 4 fully saturated rings. The van der Waals surface area contributed by atoms with Gasteiger partial charge in [-0.05, 0) is 66.2 Å². The Kier molecular flexibility index (Phi) is 1.85. The van der Waals surface area contributed by atoms with Gasteiger partial charge < -0.3 is 0 Å². The maximum atomic E-state index is 9.05. The van der Waals surface area contributed by atoms with E-state index in [9.17, 15) is 0 Å². The minimum atomic E-state index is 0.391. The lowest BCUT2D eigenvalue weighted by Crippen LogP contribution is -2.46. The van der Waals surface area contributed by atoms with Crippen molar-refractivity contribution in [1.82, 2.24) is 20.2 Å². The molecule has 4 saturated carbocycles. The zero-order valence-corrected chi connectivity index (χ0v) is 9.66. The average molecular weight is 229 g/mol. The Morgan fingerprint density at radius 3 is 2.29 bits per heavy atom. The molecule has 0 aliphatic heterocycles. The molecule has 0 atom stereocenters. The van der Waals surface area contributed by atoms with Crippen molar-refractivity contribution >= 4 is 0 Å². The van der Waals surface area contributed by atoms with Crippen LogP contribution in [0.5, 0.6) is 0 Å². The van der Waals surface area contributed by atoms with E-state index in [-0.39, 0.29) is 0 Å². The maximum Gasteiger partial charge on any atom is 0.253 e. The van der Waals surface area contributed by atoms with Gasteiger partial charge in [0.05, 0.1) is 6.04 Å². The van der Waals surface area contributed by atoms with Crippen molar-refractivity contribution in [1.29, 1.82) is 5.26 Å². The molecular formula is C12H15N5. The van der Waals surface area contributed by atoms with Crippen LogP contribution in [0.3, 0.4) is 0 Å². The Hall–Kier alpha value is -1.44. The lowest BCUT2D eigenvalue weighted by Gasteiger charge is -2.53. The van der Waals surface area contributed by atoms with E-state index >= 15 is 0 Å². The van der Waals surface area contributed by atoms with Crippen LogP contribution < -0.4 is 0 Å². The Balaban J connectivity index is 1.73. The van der Waals surface area contributed by atoms with Crippen LogP contribution in [0.4, 0.5) is 0 Å². The average Bonchev–Trinajstić information content (AvgIpc) is 2.75. The largest absolute Gasteiger partial charge is 0.253 e. The van der Waals surface area contributed by atoms with Crippen LogP contribution in [-0.4, -0.2) is 20.2 Å². The van der Waals surface area contributed by atoms with Gasteiger partial charge in [0.2, 0.25) is 0 Å². The number of nitrogens with zero attached hydrogens (tertiary/aromatic N) is 5. The zero-order chi connectivity index (χ0) is 11.4. The van der Waals surface area contributed by atoms with E-state index in [2.05, 4.69) is 21.6 Å². The number of rotatable bonds is 1. The van der Waals surface area contributed by atoms with Gasteiger partial charge in [-0.15, -0.1) is 0 Å². The fourth-order valence-electron chi connectivity index (χ4n) is 4.76. The Bertz CT molecular complexity index is 457. The number of hydrogen-bond donors (Lipinski definition) is 0. The third-order valence-corrected chi connectivity index (χ3v) is 5.05. The van der Waals surface area contributed by atoms with Crippen LogP contribution in [0, 0.1) is 35.0 Å². The molecule has 88 valence electrons. The summed E-state index contributed by atoms with van der Waals surface area (Å²) in [6.45, 7) is 0. The molecule has 4 bridgehead atoms. The molecular weight excluding hydrogens is 214 g/mol. The highest BCUT2D eigenvalue weighted by atomic mass is 15.6. The smallest absolute Gasteiger partial charge is 0.213 e. The van der Waals surface area contributed by atoms with Crippen molar-refractivity contribution < 1.29 is 0 Å². The number of aromatic nitrogens is 4. The highest BCUT2D eigenvalue weighted by Gasteiger charge is 2.49.